The van der Waals surface area contributed by atoms with E-state index in [1.807, 2.05) is 24.3 Å². The zero-order valence-electron chi connectivity index (χ0n) is 8.55. The van der Waals surface area contributed by atoms with Crippen molar-refractivity contribution in [1.29, 1.82) is 0 Å². The summed E-state index contributed by atoms with van der Waals surface area (Å²) >= 11 is 1.63. The Bertz CT molecular complexity index is 629. The van der Waals surface area contributed by atoms with Crippen LogP contribution in [0.5, 0.6) is 0 Å². The van der Waals surface area contributed by atoms with Crippen LogP contribution in [0.1, 0.15) is 0 Å². The number of hydrogen-bond acceptors (Lipinski definition) is 3. The third kappa shape index (κ3) is 1.37. The lowest BCUT2D eigenvalue weighted by atomic mass is 10.1. The van der Waals surface area contributed by atoms with Gasteiger partial charge in [-0.15, -0.1) is 11.3 Å². The summed E-state index contributed by atoms with van der Waals surface area (Å²) in [5, 5.41) is 2.09. The van der Waals surface area contributed by atoms with Gasteiger partial charge in [-0.25, -0.2) is 0 Å². The van der Waals surface area contributed by atoms with Crippen LogP contribution >= 0.6 is 11.3 Å². The topological polar surface area (TPSA) is 38.9 Å². The predicted molar refractivity (Wildman–Crippen MR) is 69.5 cm³/mol. The second-order valence-corrected chi connectivity index (χ2v) is 4.66. The van der Waals surface area contributed by atoms with Gasteiger partial charge in [0.25, 0.3) is 0 Å². The summed E-state index contributed by atoms with van der Waals surface area (Å²) in [7, 11) is 0. The Kier molecular flexibility index (Phi) is 2.11. The zero-order chi connectivity index (χ0) is 11.0. The molecule has 0 fully saturated rings. The predicted octanol–water partition coefficient (Wildman–Crippen LogP) is 3.55. The number of benzene rings is 1. The van der Waals surface area contributed by atoms with Crippen molar-refractivity contribution in [3.05, 3.63) is 48.8 Å². The first kappa shape index (κ1) is 9.36. The summed E-state index contributed by atoms with van der Waals surface area (Å²) < 4.78 is 1.23. The average Bonchev–Trinajstić information content (AvgIpc) is 2.66. The normalized spacial score (nSPS) is 10.8. The highest BCUT2D eigenvalue weighted by Gasteiger charge is 2.10. The van der Waals surface area contributed by atoms with Gasteiger partial charge in [-0.1, -0.05) is 18.2 Å². The molecule has 0 bridgehead atoms. The first-order valence-electron chi connectivity index (χ1n) is 5.03. The van der Waals surface area contributed by atoms with Gasteiger partial charge in [-0.3, -0.25) is 4.98 Å². The molecular formula is C13H10N2S. The molecule has 3 aromatic rings. The Labute approximate surface area is 97.4 Å². The molecule has 0 atom stereocenters. The van der Waals surface area contributed by atoms with E-state index in [0.717, 1.165) is 16.1 Å². The van der Waals surface area contributed by atoms with Crippen molar-refractivity contribution in [1.82, 2.24) is 4.98 Å². The minimum Gasteiger partial charge on any atom is -0.390 e. The van der Waals surface area contributed by atoms with Crippen LogP contribution in [0, 0.1) is 0 Å². The van der Waals surface area contributed by atoms with Crippen LogP contribution in [0.3, 0.4) is 0 Å². The van der Waals surface area contributed by atoms with Crippen molar-refractivity contribution >= 4 is 26.4 Å². The van der Waals surface area contributed by atoms with Crippen LogP contribution in [0.4, 0.5) is 5.00 Å². The van der Waals surface area contributed by atoms with Crippen molar-refractivity contribution in [2.24, 2.45) is 0 Å². The van der Waals surface area contributed by atoms with Gasteiger partial charge >= 0.3 is 0 Å². The smallest absolute Gasteiger partial charge is 0.0948 e. The van der Waals surface area contributed by atoms with E-state index in [2.05, 4.69) is 17.1 Å². The SMILES string of the molecule is Nc1sc2ccccc2c1-c1ccncc1. The lowest BCUT2D eigenvalue weighted by Gasteiger charge is -2.00. The molecule has 0 aliphatic rings. The van der Waals surface area contributed by atoms with Crippen LogP contribution in [0.15, 0.2) is 48.8 Å². The van der Waals surface area contributed by atoms with Crippen molar-refractivity contribution in [2.45, 2.75) is 0 Å². The Morgan fingerprint density at radius 1 is 1.00 bits per heavy atom. The number of aromatic nitrogens is 1. The Hall–Kier alpha value is -1.87. The molecule has 0 saturated heterocycles. The molecule has 3 heteroatoms. The molecule has 0 radical (unpaired) electrons. The standard InChI is InChI=1S/C13H10N2S/c14-13-12(9-5-7-15-8-6-9)10-3-1-2-4-11(10)16-13/h1-8H,14H2. The van der Waals surface area contributed by atoms with E-state index < -0.39 is 0 Å². The van der Waals surface area contributed by atoms with E-state index in [9.17, 15) is 0 Å². The summed E-state index contributed by atoms with van der Waals surface area (Å²) in [4.78, 5) is 4.03. The number of nitrogens with zero attached hydrogens (tertiary/aromatic N) is 1. The molecule has 2 heterocycles. The number of rotatable bonds is 1. The van der Waals surface area contributed by atoms with Gasteiger partial charge < -0.3 is 5.73 Å². The maximum absolute atomic E-state index is 6.08. The van der Waals surface area contributed by atoms with Crippen LogP contribution < -0.4 is 5.73 Å². The summed E-state index contributed by atoms with van der Waals surface area (Å²) in [6, 6.07) is 12.3. The van der Waals surface area contributed by atoms with Crippen LogP contribution in [-0.2, 0) is 0 Å². The van der Waals surface area contributed by atoms with E-state index in [1.54, 1.807) is 23.7 Å². The van der Waals surface area contributed by atoms with Crippen molar-refractivity contribution in [2.75, 3.05) is 5.73 Å². The molecule has 0 saturated carbocycles. The third-order valence-electron chi connectivity index (χ3n) is 2.59. The van der Waals surface area contributed by atoms with Gasteiger partial charge in [0.1, 0.15) is 0 Å². The molecule has 1 aromatic carbocycles. The number of nitrogen functional groups attached to an aromatic ring is 1. The maximum atomic E-state index is 6.08. The summed E-state index contributed by atoms with van der Waals surface area (Å²) in [5.41, 5.74) is 8.34. The largest absolute Gasteiger partial charge is 0.390 e. The van der Waals surface area contributed by atoms with Crippen LogP contribution in [0.2, 0.25) is 0 Å². The molecule has 0 aliphatic heterocycles. The highest BCUT2D eigenvalue weighted by molar-refractivity contribution is 7.23. The zero-order valence-corrected chi connectivity index (χ0v) is 9.37. The van der Waals surface area contributed by atoms with E-state index in [0.29, 0.717) is 0 Å². The molecule has 16 heavy (non-hydrogen) atoms. The molecule has 0 aliphatic carbocycles. The molecule has 0 spiro atoms. The first-order chi connectivity index (χ1) is 7.86. The van der Waals surface area contributed by atoms with Gasteiger partial charge in [0, 0.05) is 28.0 Å². The lowest BCUT2D eigenvalue weighted by molar-refractivity contribution is 1.33. The summed E-state index contributed by atoms with van der Waals surface area (Å²) in [6.45, 7) is 0. The quantitative estimate of drug-likeness (QED) is 0.689. The number of pyridine rings is 1. The molecule has 0 unspecified atom stereocenters. The fourth-order valence-corrected chi connectivity index (χ4v) is 2.87. The van der Waals surface area contributed by atoms with Gasteiger partial charge in [-0.05, 0) is 23.8 Å². The molecule has 2 aromatic heterocycles. The number of anilines is 1. The first-order valence-corrected chi connectivity index (χ1v) is 5.85. The van der Waals surface area contributed by atoms with E-state index in [-0.39, 0.29) is 0 Å². The monoisotopic (exact) mass is 226 g/mol. The average molecular weight is 226 g/mol. The molecular weight excluding hydrogens is 216 g/mol. The number of hydrogen-bond donors (Lipinski definition) is 1. The second kappa shape index (κ2) is 3.61. The lowest BCUT2D eigenvalue weighted by Crippen LogP contribution is -1.84. The molecule has 3 rings (SSSR count). The Morgan fingerprint density at radius 3 is 2.56 bits per heavy atom. The van der Waals surface area contributed by atoms with Gasteiger partial charge in [-0.2, -0.15) is 0 Å². The minimum absolute atomic E-state index is 0.868. The molecule has 2 N–H and O–H groups in total. The maximum Gasteiger partial charge on any atom is 0.0948 e. The van der Waals surface area contributed by atoms with Crippen molar-refractivity contribution in [3.63, 3.8) is 0 Å². The Balaban J connectivity index is 2.35. The fourth-order valence-electron chi connectivity index (χ4n) is 1.88. The third-order valence-corrected chi connectivity index (χ3v) is 3.59. The minimum atomic E-state index is 0.868. The summed E-state index contributed by atoms with van der Waals surface area (Å²) in [6.07, 6.45) is 3.59. The van der Waals surface area contributed by atoms with E-state index in [4.69, 9.17) is 5.73 Å². The molecule has 78 valence electrons. The highest BCUT2D eigenvalue weighted by atomic mass is 32.1. The van der Waals surface area contributed by atoms with Crippen LogP contribution in [-0.4, -0.2) is 4.98 Å². The highest BCUT2D eigenvalue weighted by Crippen LogP contribution is 2.40. The Morgan fingerprint density at radius 2 is 1.75 bits per heavy atom. The van der Waals surface area contributed by atoms with E-state index in [1.165, 1.54) is 10.1 Å². The van der Waals surface area contributed by atoms with Crippen LogP contribution in [0.25, 0.3) is 21.2 Å². The van der Waals surface area contributed by atoms with Gasteiger partial charge in [0.05, 0.1) is 5.00 Å². The van der Waals surface area contributed by atoms with Crippen molar-refractivity contribution < 1.29 is 0 Å². The second-order valence-electron chi connectivity index (χ2n) is 3.57. The number of nitrogens with two attached hydrogens (primary N) is 1. The number of thiophene rings is 1. The van der Waals surface area contributed by atoms with E-state index >= 15 is 0 Å². The molecule has 2 nitrogen and oxygen atoms in total. The van der Waals surface area contributed by atoms with Crippen molar-refractivity contribution in [3.8, 4) is 11.1 Å². The van der Waals surface area contributed by atoms with Gasteiger partial charge in [0.2, 0.25) is 0 Å². The fraction of sp³-hybridized carbons (Fsp3) is 0. The summed E-state index contributed by atoms with van der Waals surface area (Å²) in [5.74, 6) is 0. The molecule has 0 amide bonds. The number of fused-ring (bicyclic) bond motifs is 1. The van der Waals surface area contributed by atoms with Gasteiger partial charge in [0.15, 0.2) is 0 Å².